The van der Waals surface area contributed by atoms with E-state index < -0.39 is 5.97 Å². The van der Waals surface area contributed by atoms with E-state index in [0.29, 0.717) is 5.76 Å². The molecule has 0 saturated carbocycles. The second kappa shape index (κ2) is 4.21. The molecule has 1 heterocycles. The summed E-state index contributed by atoms with van der Waals surface area (Å²) in [7, 11) is 0. The van der Waals surface area contributed by atoms with Crippen molar-refractivity contribution in [2.75, 3.05) is 0 Å². The summed E-state index contributed by atoms with van der Waals surface area (Å²) in [6, 6.07) is 3.30. The van der Waals surface area contributed by atoms with Crippen LogP contribution in [0.25, 0.3) is 0 Å². The molecule has 3 nitrogen and oxygen atoms in total. The van der Waals surface area contributed by atoms with E-state index in [0.717, 1.165) is 0 Å². The third-order valence-electron chi connectivity index (χ3n) is 0.906. The average molecular weight is 134 g/mol. The topological polar surface area (TPSA) is 50.4 Å². The number of carboxylic acids is 1. The quantitative estimate of drug-likeness (QED) is 0.590. The van der Waals surface area contributed by atoms with Crippen molar-refractivity contribution in [3.8, 4) is 0 Å². The molecule has 0 unspecified atom stereocenters. The number of rotatable bonds is 2. The molecule has 1 aromatic heterocycles. The molecule has 0 bridgehead atoms. The fourth-order valence-corrected chi connectivity index (χ4v) is 0.562. The number of hydrogen-bond donors (Lipinski definition) is 1. The van der Waals surface area contributed by atoms with Crippen molar-refractivity contribution in [2.24, 2.45) is 0 Å². The van der Waals surface area contributed by atoms with Crippen LogP contribution in [-0.4, -0.2) is 29.9 Å². The molecule has 0 saturated heterocycles. The number of aliphatic carboxylic acids is 1. The first-order valence-corrected chi connectivity index (χ1v) is 2.53. The average Bonchev–Trinajstić information content (AvgIpc) is 2.15. The summed E-state index contributed by atoms with van der Waals surface area (Å²) in [6.07, 6.45) is 1.42. The molecular formula is C6H7LiO3. The Bertz CT molecular complexity index is 193. The molecule has 0 amide bonds. The first-order chi connectivity index (χ1) is 4.29. The minimum absolute atomic E-state index is 0. The van der Waals surface area contributed by atoms with Gasteiger partial charge in [-0.15, -0.1) is 0 Å². The van der Waals surface area contributed by atoms with Gasteiger partial charge >= 0.3 is 24.8 Å². The van der Waals surface area contributed by atoms with Gasteiger partial charge in [0.2, 0.25) is 0 Å². The molecule has 50 valence electrons. The third-order valence-corrected chi connectivity index (χ3v) is 0.906. The molecule has 0 fully saturated rings. The predicted molar refractivity (Wildman–Crippen MR) is 37.2 cm³/mol. The summed E-state index contributed by atoms with van der Waals surface area (Å²) in [6.45, 7) is 0. The Morgan fingerprint density at radius 3 is 2.80 bits per heavy atom. The number of furan rings is 1. The Morgan fingerprint density at radius 2 is 2.40 bits per heavy atom. The van der Waals surface area contributed by atoms with Crippen molar-refractivity contribution in [3.63, 3.8) is 0 Å². The normalized spacial score (nSPS) is 8.40. The summed E-state index contributed by atoms with van der Waals surface area (Å²) in [4.78, 5) is 10.0. The Balaban J connectivity index is 0.000000810. The fraction of sp³-hybridized carbons (Fsp3) is 0.167. The van der Waals surface area contributed by atoms with E-state index in [2.05, 4.69) is 0 Å². The van der Waals surface area contributed by atoms with Gasteiger partial charge in [0.1, 0.15) is 12.2 Å². The van der Waals surface area contributed by atoms with Crippen molar-refractivity contribution in [2.45, 2.75) is 6.42 Å². The van der Waals surface area contributed by atoms with Gasteiger partial charge in [0.05, 0.1) is 6.26 Å². The van der Waals surface area contributed by atoms with Gasteiger partial charge in [-0.3, -0.25) is 4.79 Å². The van der Waals surface area contributed by atoms with Gasteiger partial charge in [-0.05, 0) is 12.1 Å². The maximum absolute atomic E-state index is 10.0. The second-order valence-corrected chi connectivity index (χ2v) is 1.65. The zero-order valence-electron chi connectivity index (χ0n) is 4.70. The number of hydrogen-bond acceptors (Lipinski definition) is 2. The van der Waals surface area contributed by atoms with Gasteiger partial charge in [-0.25, -0.2) is 0 Å². The van der Waals surface area contributed by atoms with E-state index in [-0.39, 0.29) is 25.3 Å². The van der Waals surface area contributed by atoms with Crippen LogP contribution in [0.1, 0.15) is 5.76 Å². The van der Waals surface area contributed by atoms with E-state index in [9.17, 15) is 4.79 Å². The van der Waals surface area contributed by atoms with Crippen LogP contribution >= 0.6 is 0 Å². The summed E-state index contributed by atoms with van der Waals surface area (Å²) in [5.41, 5.74) is 0. The zero-order chi connectivity index (χ0) is 6.69. The summed E-state index contributed by atoms with van der Waals surface area (Å²) >= 11 is 0. The molecule has 1 rings (SSSR count). The summed E-state index contributed by atoms with van der Waals surface area (Å²) in [5, 5.41) is 8.23. The van der Waals surface area contributed by atoms with Crippen molar-refractivity contribution >= 4 is 24.8 Å². The van der Waals surface area contributed by atoms with Crippen molar-refractivity contribution in [1.82, 2.24) is 0 Å². The zero-order valence-corrected chi connectivity index (χ0v) is 4.70. The summed E-state index contributed by atoms with van der Waals surface area (Å²) < 4.78 is 4.76. The Labute approximate surface area is 70.2 Å². The number of carbonyl (C=O) groups is 1. The Morgan fingerprint density at radius 1 is 1.70 bits per heavy atom. The molecule has 0 aliphatic carbocycles. The predicted octanol–water partition coefficient (Wildman–Crippen LogP) is 0.258. The van der Waals surface area contributed by atoms with Crippen LogP contribution in [0.15, 0.2) is 22.8 Å². The molecule has 1 aromatic rings. The van der Waals surface area contributed by atoms with E-state index in [4.69, 9.17) is 9.52 Å². The van der Waals surface area contributed by atoms with Crippen LogP contribution in [0.5, 0.6) is 0 Å². The fourth-order valence-electron chi connectivity index (χ4n) is 0.562. The van der Waals surface area contributed by atoms with Crippen LogP contribution < -0.4 is 0 Å². The van der Waals surface area contributed by atoms with E-state index in [1.54, 1.807) is 12.1 Å². The van der Waals surface area contributed by atoms with Crippen molar-refractivity contribution < 1.29 is 14.3 Å². The monoisotopic (exact) mass is 134 g/mol. The Kier molecular flexibility index (Phi) is 3.93. The minimum atomic E-state index is -0.870. The first kappa shape index (κ1) is 9.35. The Hall–Kier alpha value is -0.653. The van der Waals surface area contributed by atoms with Gasteiger partial charge < -0.3 is 9.52 Å². The second-order valence-electron chi connectivity index (χ2n) is 1.65. The van der Waals surface area contributed by atoms with E-state index in [1.165, 1.54) is 6.26 Å². The molecular weight excluding hydrogens is 127 g/mol. The molecule has 0 aliphatic heterocycles. The molecule has 0 aromatic carbocycles. The standard InChI is InChI=1S/C6H6O3.Li.H/c7-6(8)4-5-2-1-3-9-5;;/h1-3H,4H2,(H,7,8);;. The van der Waals surface area contributed by atoms with Crippen LogP contribution in [-0.2, 0) is 11.2 Å². The van der Waals surface area contributed by atoms with Gasteiger partial charge in [0, 0.05) is 0 Å². The van der Waals surface area contributed by atoms with Gasteiger partial charge in [-0.1, -0.05) is 0 Å². The van der Waals surface area contributed by atoms with Crippen LogP contribution in [0.3, 0.4) is 0 Å². The van der Waals surface area contributed by atoms with Crippen LogP contribution in [0.4, 0.5) is 0 Å². The molecule has 4 heteroatoms. The molecule has 10 heavy (non-hydrogen) atoms. The molecule has 0 spiro atoms. The third kappa shape index (κ3) is 2.76. The molecule has 0 radical (unpaired) electrons. The van der Waals surface area contributed by atoms with Gasteiger partial charge in [0.15, 0.2) is 0 Å². The molecule has 1 N–H and O–H groups in total. The van der Waals surface area contributed by atoms with Crippen LogP contribution in [0, 0.1) is 0 Å². The first-order valence-electron chi connectivity index (χ1n) is 2.53. The van der Waals surface area contributed by atoms with Gasteiger partial charge in [0.25, 0.3) is 0 Å². The SMILES string of the molecule is O=C(O)Cc1ccco1.[LiH]. The van der Waals surface area contributed by atoms with Crippen molar-refractivity contribution in [1.29, 1.82) is 0 Å². The summed E-state index contributed by atoms with van der Waals surface area (Å²) in [5.74, 6) is -0.382. The van der Waals surface area contributed by atoms with Crippen molar-refractivity contribution in [3.05, 3.63) is 24.2 Å². The van der Waals surface area contributed by atoms with Crippen LogP contribution in [0.2, 0.25) is 0 Å². The molecule has 0 atom stereocenters. The van der Waals surface area contributed by atoms with Gasteiger partial charge in [-0.2, -0.15) is 0 Å². The maximum atomic E-state index is 10.0. The van der Waals surface area contributed by atoms with E-state index in [1.807, 2.05) is 0 Å². The molecule has 0 aliphatic rings. The van der Waals surface area contributed by atoms with E-state index >= 15 is 0 Å². The number of carboxylic acid groups (broad SMARTS) is 1.